The summed E-state index contributed by atoms with van der Waals surface area (Å²) in [7, 11) is 0. The van der Waals surface area contributed by atoms with Crippen molar-refractivity contribution < 1.29 is 14.6 Å². The summed E-state index contributed by atoms with van der Waals surface area (Å²) >= 11 is 0. The number of hydrogen-bond donors (Lipinski definition) is 2. The molecule has 0 saturated heterocycles. The van der Waals surface area contributed by atoms with E-state index >= 15 is 0 Å². The van der Waals surface area contributed by atoms with E-state index in [1.54, 1.807) is 6.92 Å². The molecule has 1 amide bonds. The fourth-order valence-electron chi connectivity index (χ4n) is 0.616. The molecule has 2 N–H and O–H groups in total. The van der Waals surface area contributed by atoms with Crippen LogP contribution in [0.3, 0.4) is 0 Å². The van der Waals surface area contributed by atoms with Gasteiger partial charge in [0, 0.05) is 6.92 Å². The second-order valence-corrected chi connectivity index (χ2v) is 2.08. The van der Waals surface area contributed by atoms with E-state index in [9.17, 15) is 4.79 Å². The number of amides is 1. The third kappa shape index (κ3) is 5.53. The zero-order valence-electron chi connectivity index (χ0n) is 6.42. The van der Waals surface area contributed by atoms with Gasteiger partial charge in [-0.15, -0.1) is 0 Å². The summed E-state index contributed by atoms with van der Waals surface area (Å²) < 4.78 is 4.78. The molecule has 0 fully saturated rings. The molecule has 0 heterocycles. The summed E-state index contributed by atoms with van der Waals surface area (Å²) in [6.45, 7) is 4.52. The van der Waals surface area contributed by atoms with Gasteiger partial charge in [-0.05, 0) is 13.8 Å². The molecule has 0 radical (unpaired) electrons. The van der Waals surface area contributed by atoms with Gasteiger partial charge in [-0.25, -0.2) is 0 Å². The van der Waals surface area contributed by atoms with Crippen molar-refractivity contribution in [2.75, 3.05) is 0 Å². The Labute approximate surface area is 60.2 Å². The van der Waals surface area contributed by atoms with Gasteiger partial charge in [0.1, 0.15) is 6.23 Å². The minimum atomic E-state index is -0.846. The lowest BCUT2D eigenvalue weighted by Gasteiger charge is -2.14. The van der Waals surface area contributed by atoms with Crippen LogP contribution in [0, 0.1) is 0 Å². The standard InChI is InChI=1S/C6H13NO3/c1-4(8)7-5(2)10-6(3)9/h5-6,9H,1-3H3,(H,7,8). The first kappa shape index (κ1) is 9.39. The van der Waals surface area contributed by atoms with Gasteiger partial charge >= 0.3 is 0 Å². The summed E-state index contributed by atoms with van der Waals surface area (Å²) in [5, 5.41) is 11.1. The maximum atomic E-state index is 10.4. The van der Waals surface area contributed by atoms with Gasteiger partial charge in [0.25, 0.3) is 0 Å². The van der Waals surface area contributed by atoms with Crippen molar-refractivity contribution in [3.05, 3.63) is 0 Å². The molecule has 0 rings (SSSR count). The summed E-state index contributed by atoms with van der Waals surface area (Å²) in [6.07, 6.45) is -1.28. The number of nitrogens with one attached hydrogen (secondary N) is 1. The highest BCUT2D eigenvalue weighted by molar-refractivity contribution is 5.72. The first-order chi connectivity index (χ1) is 4.52. The molecular formula is C6H13NO3. The number of aliphatic hydroxyl groups excluding tert-OH is 1. The number of hydrogen-bond acceptors (Lipinski definition) is 3. The fourth-order valence-corrected chi connectivity index (χ4v) is 0.616. The van der Waals surface area contributed by atoms with Gasteiger partial charge in [-0.2, -0.15) is 0 Å². The molecule has 4 heteroatoms. The molecule has 60 valence electrons. The Hall–Kier alpha value is -0.610. The second kappa shape index (κ2) is 4.24. The summed E-state index contributed by atoms with van der Waals surface area (Å²) in [4.78, 5) is 10.4. The van der Waals surface area contributed by atoms with Crippen LogP contribution in [0.15, 0.2) is 0 Å². The molecule has 0 aliphatic heterocycles. The molecular weight excluding hydrogens is 134 g/mol. The molecule has 0 aliphatic carbocycles. The number of ether oxygens (including phenoxy) is 1. The summed E-state index contributed by atoms with van der Waals surface area (Å²) in [6, 6.07) is 0. The van der Waals surface area contributed by atoms with Crippen molar-refractivity contribution in [2.24, 2.45) is 0 Å². The zero-order chi connectivity index (χ0) is 8.15. The number of aliphatic hydroxyl groups is 1. The van der Waals surface area contributed by atoms with E-state index in [4.69, 9.17) is 9.84 Å². The lowest BCUT2D eigenvalue weighted by molar-refractivity contribution is -0.141. The first-order valence-corrected chi connectivity index (χ1v) is 3.13. The van der Waals surface area contributed by atoms with E-state index < -0.39 is 12.5 Å². The molecule has 0 aromatic rings. The molecule has 0 aromatic heterocycles. The summed E-state index contributed by atoms with van der Waals surface area (Å²) in [5.41, 5.74) is 0. The van der Waals surface area contributed by atoms with Gasteiger partial charge in [0.05, 0.1) is 0 Å². The number of carbonyl (C=O) groups excluding carboxylic acids is 1. The van der Waals surface area contributed by atoms with Crippen LogP contribution in [0.25, 0.3) is 0 Å². The van der Waals surface area contributed by atoms with Crippen LogP contribution in [0.5, 0.6) is 0 Å². The second-order valence-electron chi connectivity index (χ2n) is 2.08. The third-order valence-corrected chi connectivity index (χ3v) is 0.808. The number of rotatable bonds is 3. The Kier molecular flexibility index (Phi) is 3.99. The maximum Gasteiger partial charge on any atom is 0.218 e. The molecule has 0 aromatic carbocycles. The van der Waals surface area contributed by atoms with Crippen LogP contribution >= 0.6 is 0 Å². The van der Waals surface area contributed by atoms with Crippen molar-refractivity contribution in [3.63, 3.8) is 0 Å². The summed E-state index contributed by atoms with van der Waals surface area (Å²) in [5.74, 6) is -0.173. The van der Waals surface area contributed by atoms with Crippen molar-refractivity contribution in [1.82, 2.24) is 5.32 Å². The highest BCUT2D eigenvalue weighted by Crippen LogP contribution is 1.89. The normalized spacial score (nSPS) is 16.0. The minimum Gasteiger partial charge on any atom is -0.368 e. The Morgan fingerprint density at radius 1 is 1.60 bits per heavy atom. The van der Waals surface area contributed by atoms with E-state index in [1.165, 1.54) is 13.8 Å². The van der Waals surface area contributed by atoms with E-state index in [0.717, 1.165) is 0 Å². The van der Waals surface area contributed by atoms with Gasteiger partial charge in [-0.1, -0.05) is 0 Å². The molecule has 2 atom stereocenters. The van der Waals surface area contributed by atoms with E-state index in [1.807, 2.05) is 0 Å². The lowest BCUT2D eigenvalue weighted by atomic mass is 10.6. The maximum absolute atomic E-state index is 10.4. The van der Waals surface area contributed by atoms with E-state index in [-0.39, 0.29) is 5.91 Å². The van der Waals surface area contributed by atoms with Crippen molar-refractivity contribution in [3.8, 4) is 0 Å². The SMILES string of the molecule is CC(=O)NC(C)OC(C)O. The Bertz CT molecular complexity index is 114. The van der Waals surface area contributed by atoms with Gasteiger partial charge in [-0.3, -0.25) is 4.79 Å². The lowest BCUT2D eigenvalue weighted by Crippen LogP contribution is -2.34. The van der Waals surface area contributed by atoms with Crippen molar-refractivity contribution >= 4 is 5.91 Å². The van der Waals surface area contributed by atoms with Gasteiger partial charge < -0.3 is 15.2 Å². The van der Waals surface area contributed by atoms with Crippen LogP contribution < -0.4 is 5.32 Å². The fraction of sp³-hybridized carbons (Fsp3) is 0.833. The van der Waals surface area contributed by atoms with Gasteiger partial charge in [0.15, 0.2) is 6.29 Å². The van der Waals surface area contributed by atoms with Crippen LogP contribution in [0.1, 0.15) is 20.8 Å². The average Bonchev–Trinajstić information content (AvgIpc) is 1.58. The predicted octanol–water partition coefficient (Wildman–Crippen LogP) is -0.177. The van der Waals surface area contributed by atoms with Gasteiger partial charge in [0.2, 0.25) is 5.91 Å². The Balaban J connectivity index is 3.43. The van der Waals surface area contributed by atoms with Crippen molar-refractivity contribution in [1.29, 1.82) is 0 Å². The van der Waals surface area contributed by atoms with Crippen LogP contribution in [-0.4, -0.2) is 23.5 Å². The predicted molar refractivity (Wildman–Crippen MR) is 36.0 cm³/mol. The molecule has 0 saturated carbocycles. The van der Waals surface area contributed by atoms with E-state index in [2.05, 4.69) is 5.32 Å². The molecule has 4 nitrogen and oxygen atoms in total. The molecule has 0 bridgehead atoms. The highest BCUT2D eigenvalue weighted by Gasteiger charge is 2.04. The highest BCUT2D eigenvalue weighted by atomic mass is 16.6. The average molecular weight is 147 g/mol. The van der Waals surface area contributed by atoms with E-state index in [0.29, 0.717) is 0 Å². The quantitative estimate of drug-likeness (QED) is 0.544. The Morgan fingerprint density at radius 3 is 2.40 bits per heavy atom. The first-order valence-electron chi connectivity index (χ1n) is 3.13. The molecule has 0 spiro atoms. The van der Waals surface area contributed by atoms with Crippen LogP contribution in [0.2, 0.25) is 0 Å². The molecule has 2 unspecified atom stereocenters. The van der Waals surface area contributed by atoms with Crippen LogP contribution in [0.4, 0.5) is 0 Å². The zero-order valence-corrected chi connectivity index (χ0v) is 6.42. The monoisotopic (exact) mass is 147 g/mol. The van der Waals surface area contributed by atoms with Crippen LogP contribution in [-0.2, 0) is 9.53 Å². The molecule has 0 aliphatic rings. The largest absolute Gasteiger partial charge is 0.368 e. The topological polar surface area (TPSA) is 58.6 Å². The minimum absolute atomic E-state index is 0.173. The third-order valence-electron chi connectivity index (χ3n) is 0.808. The number of carbonyl (C=O) groups is 1. The van der Waals surface area contributed by atoms with Crippen molar-refractivity contribution in [2.45, 2.75) is 33.3 Å². The Morgan fingerprint density at radius 2 is 2.10 bits per heavy atom. The molecule has 10 heavy (non-hydrogen) atoms. The smallest absolute Gasteiger partial charge is 0.218 e.